The monoisotopic (exact) mass is 440 g/mol. The van der Waals surface area contributed by atoms with Crippen LogP contribution >= 0.6 is 0 Å². The van der Waals surface area contributed by atoms with Crippen LogP contribution in [0.15, 0.2) is 30.3 Å². The highest BCUT2D eigenvalue weighted by molar-refractivity contribution is 5.80. The number of H-pyrrole nitrogens is 1. The molecule has 2 atom stereocenters. The fourth-order valence-corrected chi connectivity index (χ4v) is 4.53. The van der Waals surface area contributed by atoms with E-state index >= 15 is 0 Å². The van der Waals surface area contributed by atoms with Crippen LogP contribution in [-0.2, 0) is 20.7 Å². The molecule has 2 aliphatic heterocycles. The zero-order valence-corrected chi connectivity index (χ0v) is 18.9. The van der Waals surface area contributed by atoms with Crippen molar-refractivity contribution < 1.29 is 19.1 Å². The van der Waals surface area contributed by atoms with Crippen molar-refractivity contribution in [2.75, 3.05) is 39.4 Å². The summed E-state index contributed by atoms with van der Waals surface area (Å²) in [7, 11) is 0. The van der Waals surface area contributed by atoms with Gasteiger partial charge in [0, 0.05) is 56.2 Å². The first-order valence-electron chi connectivity index (χ1n) is 11.4. The Balaban J connectivity index is 1.45. The molecule has 2 saturated heterocycles. The maximum atomic E-state index is 13.1. The normalized spacial score (nSPS) is 21.4. The number of carbonyl (C=O) groups excluding carboxylic acids is 2. The number of rotatable bonds is 6. The SMILES string of the molecule is Cc1n[nH]c(C)c1CC(=O)N1CC[C@H](Oc2ccccc2)[C@@H](CC(=O)N2CCOCC2)C1. The van der Waals surface area contributed by atoms with Crippen LogP contribution in [0.4, 0.5) is 0 Å². The van der Waals surface area contributed by atoms with Gasteiger partial charge in [-0.3, -0.25) is 14.7 Å². The van der Waals surface area contributed by atoms with Gasteiger partial charge < -0.3 is 19.3 Å². The summed E-state index contributed by atoms with van der Waals surface area (Å²) < 4.78 is 11.7. The number of piperidine rings is 1. The van der Waals surface area contributed by atoms with E-state index in [0.717, 1.165) is 22.7 Å². The number of aromatic nitrogens is 2. The molecule has 2 amide bonds. The van der Waals surface area contributed by atoms with Gasteiger partial charge in [0.05, 0.1) is 25.3 Å². The number of ether oxygens (including phenoxy) is 2. The largest absolute Gasteiger partial charge is 0.490 e. The molecule has 0 aliphatic carbocycles. The third kappa shape index (κ3) is 5.30. The lowest BCUT2D eigenvalue weighted by molar-refractivity contribution is -0.141. The van der Waals surface area contributed by atoms with Crippen molar-refractivity contribution in [2.45, 2.75) is 39.2 Å². The van der Waals surface area contributed by atoms with Gasteiger partial charge in [-0.1, -0.05) is 18.2 Å². The van der Waals surface area contributed by atoms with Gasteiger partial charge in [0.2, 0.25) is 11.8 Å². The van der Waals surface area contributed by atoms with Crippen LogP contribution in [0.25, 0.3) is 0 Å². The Morgan fingerprint density at radius 3 is 2.53 bits per heavy atom. The number of aryl methyl sites for hydroxylation is 2. The Labute approximate surface area is 188 Å². The van der Waals surface area contributed by atoms with Crippen molar-refractivity contribution in [1.82, 2.24) is 20.0 Å². The number of hydrogen-bond acceptors (Lipinski definition) is 5. The van der Waals surface area contributed by atoms with Gasteiger partial charge in [0.15, 0.2) is 0 Å². The first kappa shape index (κ1) is 22.3. The first-order valence-corrected chi connectivity index (χ1v) is 11.4. The Hall–Kier alpha value is -2.87. The summed E-state index contributed by atoms with van der Waals surface area (Å²) in [4.78, 5) is 29.8. The number of carbonyl (C=O) groups is 2. The molecule has 172 valence electrons. The minimum atomic E-state index is -0.108. The molecular weight excluding hydrogens is 408 g/mol. The molecule has 0 saturated carbocycles. The molecule has 1 N–H and O–H groups in total. The van der Waals surface area contributed by atoms with Gasteiger partial charge in [-0.05, 0) is 26.0 Å². The second-order valence-corrected chi connectivity index (χ2v) is 8.64. The topological polar surface area (TPSA) is 87.8 Å². The Kier molecular flexibility index (Phi) is 7.09. The lowest BCUT2D eigenvalue weighted by atomic mass is 9.90. The summed E-state index contributed by atoms with van der Waals surface area (Å²) in [6.45, 7) is 7.39. The maximum absolute atomic E-state index is 13.1. The van der Waals surface area contributed by atoms with Crippen LogP contribution < -0.4 is 4.74 Å². The summed E-state index contributed by atoms with van der Waals surface area (Å²) >= 11 is 0. The van der Waals surface area contributed by atoms with E-state index in [-0.39, 0.29) is 23.8 Å². The second kappa shape index (κ2) is 10.2. The minimum absolute atomic E-state index is 0.0604. The Morgan fingerprint density at radius 2 is 1.84 bits per heavy atom. The predicted octanol–water partition coefficient (Wildman–Crippen LogP) is 2.11. The molecule has 1 aromatic carbocycles. The van der Waals surface area contributed by atoms with Gasteiger partial charge in [-0.15, -0.1) is 0 Å². The number of amides is 2. The quantitative estimate of drug-likeness (QED) is 0.743. The molecule has 2 aromatic rings. The van der Waals surface area contributed by atoms with E-state index in [2.05, 4.69) is 10.2 Å². The van der Waals surface area contributed by atoms with E-state index in [1.165, 1.54) is 0 Å². The van der Waals surface area contributed by atoms with Crippen molar-refractivity contribution in [2.24, 2.45) is 5.92 Å². The summed E-state index contributed by atoms with van der Waals surface area (Å²) in [5.41, 5.74) is 2.74. The van der Waals surface area contributed by atoms with Crippen LogP contribution in [0, 0.1) is 19.8 Å². The highest BCUT2D eigenvalue weighted by Crippen LogP contribution is 2.27. The molecule has 8 nitrogen and oxygen atoms in total. The summed E-state index contributed by atoms with van der Waals surface area (Å²) in [6.07, 6.45) is 1.28. The molecule has 8 heteroatoms. The number of morpholine rings is 1. The summed E-state index contributed by atoms with van der Waals surface area (Å²) in [6, 6.07) is 9.70. The molecular formula is C24H32N4O4. The van der Waals surface area contributed by atoms with Crippen molar-refractivity contribution in [3.63, 3.8) is 0 Å². The average Bonchev–Trinajstić information content (AvgIpc) is 3.13. The van der Waals surface area contributed by atoms with Crippen LogP contribution in [0.3, 0.4) is 0 Å². The number of para-hydroxylation sites is 1. The van der Waals surface area contributed by atoms with E-state index in [9.17, 15) is 9.59 Å². The maximum Gasteiger partial charge on any atom is 0.227 e. The number of aromatic amines is 1. The van der Waals surface area contributed by atoms with Gasteiger partial charge in [0.25, 0.3) is 0 Å². The molecule has 0 bridgehead atoms. The molecule has 32 heavy (non-hydrogen) atoms. The van der Waals surface area contributed by atoms with E-state index in [4.69, 9.17) is 9.47 Å². The van der Waals surface area contributed by atoms with Crippen LogP contribution in [0.2, 0.25) is 0 Å². The number of likely N-dealkylation sites (tertiary alicyclic amines) is 1. The predicted molar refractivity (Wildman–Crippen MR) is 119 cm³/mol. The third-order valence-electron chi connectivity index (χ3n) is 6.46. The molecule has 2 aliphatic rings. The average molecular weight is 441 g/mol. The Bertz CT molecular complexity index is 904. The highest BCUT2D eigenvalue weighted by atomic mass is 16.5. The number of nitrogens with zero attached hydrogens (tertiary/aromatic N) is 3. The first-order chi connectivity index (χ1) is 15.5. The molecule has 4 rings (SSSR count). The molecule has 3 heterocycles. The fourth-order valence-electron chi connectivity index (χ4n) is 4.53. The van der Waals surface area contributed by atoms with E-state index in [1.54, 1.807) is 0 Å². The zero-order chi connectivity index (χ0) is 22.5. The van der Waals surface area contributed by atoms with Crippen LogP contribution in [0.5, 0.6) is 5.75 Å². The standard InChI is InChI=1S/C24H32N4O4/c1-17-21(18(2)26-25-17)15-24(30)28-9-8-22(32-20-6-4-3-5-7-20)19(16-28)14-23(29)27-10-12-31-13-11-27/h3-7,19,22H,8-16H2,1-2H3,(H,25,26)/t19-,22-/m0/s1. The molecule has 0 unspecified atom stereocenters. The molecule has 0 radical (unpaired) electrons. The fraction of sp³-hybridized carbons (Fsp3) is 0.542. The molecule has 0 spiro atoms. The van der Waals surface area contributed by atoms with E-state index in [1.807, 2.05) is 54.0 Å². The van der Waals surface area contributed by atoms with E-state index in [0.29, 0.717) is 58.7 Å². The van der Waals surface area contributed by atoms with Crippen LogP contribution in [0.1, 0.15) is 29.8 Å². The summed E-state index contributed by atoms with van der Waals surface area (Å²) in [5.74, 6) is 0.913. The molecule has 1 aromatic heterocycles. The van der Waals surface area contributed by atoms with Crippen molar-refractivity contribution in [1.29, 1.82) is 0 Å². The minimum Gasteiger partial charge on any atom is -0.490 e. The van der Waals surface area contributed by atoms with Crippen molar-refractivity contribution in [3.8, 4) is 5.75 Å². The van der Waals surface area contributed by atoms with E-state index < -0.39 is 0 Å². The van der Waals surface area contributed by atoms with Gasteiger partial charge in [-0.25, -0.2) is 0 Å². The van der Waals surface area contributed by atoms with Crippen molar-refractivity contribution >= 4 is 11.8 Å². The van der Waals surface area contributed by atoms with Gasteiger partial charge in [0.1, 0.15) is 11.9 Å². The summed E-state index contributed by atoms with van der Waals surface area (Å²) in [5, 5.41) is 7.15. The number of benzene rings is 1. The third-order valence-corrected chi connectivity index (χ3v) is 6.46. The van der Waals surface area contributed by atoms with Gasteiger partial charge in [-0.2, -0.15) is 5.10 Å². The molecule has 2 fully saturated rings. The Morgan fingerprint density at radius 1 is 1.09 bits per heavy atom. The van der Waals surface area contributed by atoms with Crippen LogP contribution in [-0.4, -0.2) is 77.3 Å². The second-order valence-electron chi connectivity index (χ2n) is 8.64. The number of hydrogen-bond donors (Lipinski definition) is 1. The lowest BCUT2D eigenvalue weighted by Gasteiger charge is -2.39. The van der Waals surface area contributed by atoms with Crippen molar-refractivity contribution in [3.05, 3.63) is 47.3 Å². The smallest absolute Gasteiger partial charge is 0.227 e. The lowest BCUT2D eigenvalue weighted by Crippen LogP contribution is -2.50. The zero-order valence-electron chi connectivity index (χ0n) is 18.9. The highest BCUT2D eigenvalue weighted by Gasteiger charge is 2.35. The number of nitrogens with one attached hydrogen (secondary N) is 1. The van der Waals surface area contributed by atoms with Gasteiger partial charge >= 0.3 is 0 Å².